The van der Waals surface area contributed by atoms with Crippen LogP contribution in [0.25, 0.3) is 0 Å². The van der Waals surface area contributed by atoms with Crippen molar-refractivity contribution in [2.75, 3.05) is 0 Å². The number of carbonyl (C=O) groups is 2. The minimum atomic E-state index is -0.451. The van der Waals surface area contributed by atoms with Gasteiger partial charge in [0.25, 0.3) is 0 Å². The Hall–Kier alpha value is -1.16. The fraction of sp³-hybridized carbons (Fsp3) is 0.826. The molecule has 1 N–H and O–H groups in total. The van der Waals surface area contributed by atoms with Crippen LogP contribution in [0.1, 0.15) is 64.7 Å². The van der Waals surface area contributed by atoms with E-state index in [9.17, 15) is 14.7 Å². The van der Waals surface area contributed by atoms with Crippen LogP contribution in [0.5, 0.6) is 0 Å². The van der Waals surface area contributed by atoms with Crippen molar-refractivity contribution in [3.63, 3.8) is 0 Å². The highest BCUT2D eigenvalue weighted by Gasteiger charge is 2.79. The molecule has 5 aliphatic carbocycles. The molecular weight excluding hydrogens is 340 g/mol. The van der Waals surface area contributed by atoms with Gasteiger partial charge in [-0.15, -0.1) is 0 Å². The summed E-state index contributed by atoms with van der Waals surface area (Å²) in [5, 5.41) is 10.9. The molecule has 0 aromatic carbocycles. The van der Waals surface area contributed by atoms with Crippen molar-refractivity contribution in [2.45, 2.75) is 76.4 Å². The van der Waals surface area contributed by atoms with Crippen LogP contribution >= 0.6 is 0 Å². The second kappa shape index (κ2) is 5.25. The van der Waals surface area contributed by atoms with Gasteiger partial charge in [0, 0.05) is 24.2 Å². The van der Waals surface area contributed by atoms with Crippen LogP contribution in [0.4, 0.5) is 0 Å². The van der Waals surface area contributed by atoms with Gasteiger partial charge in [-0.25, -0.2) is 0 Å². The molecule has 0 radical (unpaired) electrons. The van der Waals surface area contributed by atoms with Gasteiger partial charge in [0.1, 0.15) is 5.60 Å². The molecule has 6 rings (SSSR count). The summed E-state index contributed by atoms with van der Waals surface area (Å²) in [5.41, 5.74) is 0.950. The van der Waals surface area contributed by atoms with Gasteiger partial charge in [-0.2, -0.15) is 0 Å². The van der Waals surface area contributed by atoms with Crippen molar-refractivity contribution < 1.29 is 19.4 Å². The zero-order valence-electron chi connectivity index (χ0n) is 16.2. The van der Waals surface area contributed by atoms with Crippen molar-refractivity contribution in [3.05, 3.63) is 11.6 Å². The summed E-state index contributed by atoms with van der Waals surface area (Å²) in [5.74, 6) is 3.57. The van der Waals surface area contributed by atoms with Crippen molar-refractivity contribution >= 4 is 11.8 Å². The summed E-state index contributed by atoms with van der Waals surface area (Å²) in [7, 11) is 0. The maximum atomic E-state index is 12.2. The number of carbonyl (C=O) groups excluding carboxylic acids is 2. The lowest BCUT2D eigenvalue weighted by atomic mass is 9.47. The lowest BCUT2D eigenvalue weighted by Gasteiger charge is -2.59. The van der Waals surface area contributed by atoms with Gasteiger partial charge in [-0.1, -0.05) is 6.92 Å². The number of ketones is 1. The first-order valence-corrected chi connectivity index (χ1v) is 11.1. The van der Waals surface area contributed by atoms with Gasteiger partial charge in [-0.05, 0) is 86.2 Å². The maximum Gasteiger partial charge on any atom is 0.306 e. The number of ether oxygens (including phenoxy) is 1. The van der Waals surface area contributed by atoms with Gasteiger partial charge in [0.05, 0.1) is 6.10 Å². The topological polar surface area (TPSA) is 63.6 Å². The van der Waals surface area contributed by atoms with E-state index in [0.29, 0.717) is 48.3 Å². The Bertz CT molecular complexity index is 755. The average molecular weight is 370 g/mol. The van der Waals surface area contributed by atoms with Gasteiger partial charge >= 0.3 is 5.97 Å². The van der Waals surface area contributed by atoms with E-state index in [1.807, 2.05) is 0 Å². The predicted molar refractivity (Wildman–Crippen MR) is 98.5 cm³/mol. The maximum absolute atomic E-state index is 12.2. The van der Waals surface area contributed by atoms with E-state index >= 15 is 0 Å². The molecule has 1 spiro atoms. The quantitative estimate of drug-likeness (QED) is 0.719. The molecule has 4 saturated carbocycles. The minimum absolute atomic E-state index is 0.0101. The van der Waals surface area contributed by atoms with Crippen molar-refractivity contribution in [2.24, 2.45) is 40.9 Å². The third kappa shape index (κ3) is 1.89. The Kier molecular flexibility index (Phi) is 3.26. The molecule has 1 heterocycles. The Morgan fingerprint density at radius 3 is 2.70 bits per heavy atom. The molecule has 0 aromatic heterocycles. The molecule has 6 unspecified atom stereocenters. The van der Waals surface area contributed by atoms with E-state index in [2.05, 4.69) is 6.92 Å². The van der Waals surface area contributed by atoms with Crippen LogP contribution in [0, 0.1) is 40.9 Å². The Labute approximate surface area is 160 Å². The van der Waals surface area contributed by atoms with E-state index < -0.39 is 6.10 Å². The number of hydrogen-bond acceptors (Lipinski definition) is 4. The van der Waals surface area contributed by atoms with E-state index in [1.54, 1.807) is 6.08 Å². The van der Waals surface area contributed by atoms with Crippen LogP contribution < -0.4 is 0 Å². The third-order valence-corrected chi connectivity index (χ3v) is 9.80. The van der Waals surface area contributed by atoms with Gasteiger partial charge in [0.15, 0.2) is 5.78 Å². The van der Waals surface area contributed by atoms with Crippen LogP contribution in [0.3, 0.4) is 0 Å². The highest BCUT2D eigenvalue weighted by molar-refractivity contribution is 5.91. The molecule has 5 fully saturated rings. The van der Waals surface area contributed by atoms with Gasteiger partial charge in [0.2, 0.25) is 0 Å². The predicted octanol–water partition coefficient (Wildman–Crippen LogP) is 3.42. The first-order valence-electron chi connectivity index (χ1n) is 11.1. The smallest absolute Gasteiger partial charge is 0.306 e. The fourth-order valence-electron chi connectivity index (χ4n) is 8.98. The molecule has 0 aromatic rings. The molecule has 27 heavy (non-hydrogen) atoms. The second-order valence-corrected chi connectivity index (χ2v) is 10.3. The third-order valence-electron chi connectivity index (χ3n) is 9.80. The molecule has 0 bridgehead atoms. The van der Waals surface area contributed by atoms with E-state index in [4.69, 9.17) is 4.74 Å². The summed E-state index contributed by atoms with van der Waals surface area (Å²) in [6.45, 7) is 2.30. The average Bonchev–Trinajstić information content (AvgIpc) is 3.30. The van der Waals surface area contributed by atoms with Crippen LogP contribution in [0.2, 0.25) is 0 Å². The summed E-state index contributed by atoms with van der Waals surface area (Å²) in [4.78, 5) is 24.1. The summed E-state index contributed by atoms with van der Waals surface area (Å²) >= 11 is 0. The van der Waals surface area contributed by atoms with Crippen LogP contribution in [-0.4, -0.2) is 28.6 Å². The number of hydrogen-bond donors (Lipinski definition) is 1. The SMILES string of the molecule is CC[C@]12CCC3C(CC(O)C4=CC(=O)CC[C@@H]43)C1C1CC1[C@@]21CCC(=O)O1. The molecule has 4 heteroatoms. The van der Waals surface area contributed by atoms with E-state index in [0.717, 1.165) is 44.1 Å². The van der Waals surface area contributed by atoms with Crippen molar-refractivity contribution in [3.8, 4) is 0 Å². The summed E-state index contributed by atoms with van der Waals surface area (Å²) < 4.78 is 6.20. The monoisotopic (exact) mass is 370 g/mol. The van der Waals surface area contributed by atoms with Crippen LogP contribution in [-0.2, 0) is 14.3 Å². The standard InChI is InChI=1S/C23H30O4/c1-2-22-7-5-14-13-4-3-12(24)9-15(13)19(25)11-16(14)21(22)17-10-18(17)23(22)8-6-20(26)27-23/h9,13-14,16-19,21,25H,2-8,10-11H2,1H3/t13-,14?,16?,17?,18?,19?,21?,22+,23+/m1/s1. The Balaban J connectivity index is 1.41. The number of aliphatic hydroxyl groups excluding tert-OH is 1. The van der Waals surface area contributed by atoms with Gasteiger partial charge < -0.3 is 9.84 Å². The first kappa shape index (κ1) is 16.8. The highest BCUT2D eigenvalue weighted by Crippen LogP contribution is 2.79. The molecule has 6 aliphatic rings. The number of aliphatic hydroxyl groups is 1. The van der Waals surface area contributed by atoms with Gasteiger partial charge in [-0.3, -0.25) is 9.59 Å². The normalized spacial score (nSPS) is 55.3. The van der Waals surface area contributed by atoms with Crippen molar-refractivity contribution in [1.82, 2.24) is 0 Å². The van der Waals surface area contributed by atoms with Crippen molar-refractivity contribution in [1.29, 1.82) is 0 Å². The molecule has 0 amide bonds. The van der Waals surface area contributed by atoms with E-state index in [1.165, 1.54) is 6.42 Å². The molecule has 1 saturated heterocycles. The lowest BCUT2D eigenvalue weighted by molar-refractivity contribution is -0.180. The largest absolute Gasteiger partial charge is 0.458 e. The fourth-order valence-corrected chi connectivity index (χ4v) is 8.98. The Morgan fingerprint density at radius 1 is 1.11 bits per heavy atom. The lowest BCUT2D eigenvalue weighted by Crippen LogP contribution is -2.57. The first-order chi connectivity index (χ1) is 13.0. The molecule has 9 atom stereocenters. The molecule has 146 valence electrons. The molecule has 4 nitrogen and oxygen atoms in total. The summed E-state index contributed by atoms with van der Waals surface area (Å²) in [6, 6.07) is 0. The molecule has 1 aliphatic heterocycles. The second-order valence-electron chi connectivity index (χ2n) is 10.3. The summed E-state index contributed by atoms with van der Waals surface area (Å²) in [6.07, 6.45) is 9.81. The number of esters is 1. The Morgan fingerprint density at radius 2 is 1.96 bits per heavy atom. The highest BCUT2D eigenvalue weighted by atomic mass is 16.6. The zero-order valence-corrected chi connectivity index (χ0v) is 16.2. The number of fused-ring (bicyclic) bond motifs is 9. The molecular formula is C23H30O4. The van der Waals surface area contributed by atoms with Crippen LogP contribution in [0.15, 0.2) is 11.6 Å². The minimum Gasteiger partial charge on any atom is -0.458 e. The number of rotatable bonds is 1. The van der Waals surface area contributed by atoms with E-state index in [-0.39, 0.29) is 22.8 Å². The zero-order chi connectivity index (χ0) is 18.6.